The number of piperazine rings is 1. The van der Waals surface area contributed by atoms with E-state index in [9.17, 15) is 9.59 Å². The van der Waals surface area contributed by atoms with Gasteiger partial charge in [-0.3, -0.25) is 14.5 Å². The van der Waals surface area contributed by atoms with Crippen LogP contribution in [0.3, 0.4) is 0 Å². The van der Waals surface area contributed by atoms with Gasteiger partial charge in [-0.05, 0) is 38.5 Å². The summed E-state index contributed by atoms with van der Waals surface area (Å²) in [6.07, 6.45) is 4.27. The molecule has 1 aliphatic heterocycles. The Morgan fingerprint density at radius 2 is 1.76 bits per heavy atom. The predicted molar refractivity (Wildman–Crippen MR) is 128 cm³/mol. The minimum atomic E-state index is -0.682. The second-order valence-electron chi connectivity index (χ2n) is 8.43. The Kier molecular flexibility index (Phi) is 6.84. The smallest absolute Gasteiger partial charge is 0.267 e. The van der Waals surface area contributed by atoms with Gasteiger partial charge in [0.2, 0.25) is 5.91 Å². The zero-order chi connectivity index (χ0) is 23.4. The van der Waals surface area contributed by atoms with E-state index in [4.69, 9.17) is 0 Å². The molecule has 0 radical (unpaired) electrons. The van der Waals surface area contributed by atoms with Crippen LogP contribution in [0.15, 0.2) is 59.4 Å². The Balaban J connectivity index is 1.38. The molecule has 1 saturated heterocycles. The molecular weight excluding hydrogens is 416 g/mol. The topological polar surface area (TPSA) is 76.3 Å². The third-order valence-electron chi connectivity index (χ3n) is 5.92. The van der Waals surface area contributed by atoms with E-state index in [1.807, 2.05) is 43.0 Å². The second-order valence-corrected chi connectivity index (χ2v) is 8.43. The van der Waals surface area contributed by atoms with Crippen LogP contribution in [0.25, 0.3) is 11.9 Å². The highest BCUT2D eigenvalue weighted by atomic mass is 16.2. The van der Waals surface area contributed by atoms with Gasteiger partial charge in [0, 0.05) is 44.5 Å². The fourth-order valence-corrected chi connectivity index (χ4v) is 4.09. The van der Waals surface area contributed by atoms with E-state index >= 15 is 0 Å². The average molecular weight is 447 g/mol. The van der Waals surface area contributed by atoms with Crippen molar-refractivity contribution in [1.82, 2.24) is 29.4 Å². The SMILES string of the molecule is Cc1cc(C)n(-c2ccc(=O)n(C(C)C(=O)N3CCN(C/C=C/c4ccccc4)CC3)n2)n1. The first-order valence-corrected chi connectivity index (χ1v) is 11.3. The molecule has 1 fully saturated rings. The van der Waals surface area contributed by atoms with Gasteiger partial charge >= 0.3 is 0 Å². The van der Waals surface area contributed by atoms with E-state index in [1.54, 1.807) is 17.7 Å². The van der Waals surface area contributed by atoms with Crippen molar-refractivity contribution in [3.05, 3.63) is 81.9 Å². The first kappa shape index (κ1) is 22.7. The minimum Gasteiger partial charge on any atom is -0.338 e. The van der Waals surface area contributed by atoms with Crippen LogP contribution < -0.4 is 5.56 Å². The maximum absolute atomic E-state index is 13.1. The lowest BCUT2D eigenvalue weighted by molar-refractivity contribution is -0.136. The Labute approximate surface area is 193 Å². The predicted octanol–water partition coefficient (Wildman–Crippen LogP) is 2.46. The number of nitrogens with zero attached hydrogens (tertiary/aromatic N) is 6. The average Bonchev–Trinajstić information content (AvgIpc) is 3.17. The van der Waals surface area contributed by atoms with Gasteiger partial charge in [-0.15, -0.1) is 5.10 Å². The Hall–Kier alpha value is -3.52. The molecule has 4 rings (SSSR count). The van der Waals surface area contributed by atoms with Crippen molar-refractivity contribution in [2.24, 2.45) is 0 Å². The quantitative estimate of drug-likeness (QED) is 0.581. The number of benzene rings is 1. The molecular formula is C25H30N6O2. The van der Waals surface area contributed by atoms with E-state index < -0.39 is 6.04 Å². The molecule has 8 nitrogen and oxygen atoms in total. The largest absolute Gasteiger partial charge is 0.338 e. The van der Waals surface area contributed by atoms with E-state index in [0.717, 1.165) is 31.0 Å². The number of hydrogen-bond donors (Lipinski definition) is 0. The zero-order valence-corrected chi connectivity index (χ0v) is 19.4. The normalized spacial score (nSPS) is 15.8. The molecule has 0 spiro atoms. The molecule has 172 valence electrons. The lowest BCUT2D eigenvalue weighted by atomic mass is 10.2. The molecule has 0 N–H and O–H groups in total. The van der Waals surface area contributed by atoms with Crippen molar-refractivity contribution in [3.63, 3.8) is 0 Å². The van der Waals surface area contributed by atoms with Crippen molar-refractivity contribution in [2.45, 2.75) is 26.8 Å². The highest BCUT2D eigenvalue weighted by Gasteiger charge is 2.27. The lowest BCUT2D eigenvalue weighted by Crippen LogP contribution is -2.51. The summed E-state index contributed by atoms with van der Waals surface area (Å²) in [7, 11) is 0. The first-order valence-electron chi connectivity index (χ1n) is 11.3. The molecule has 2 aromatic heterocycles. The highest BCUT2D eigenvalue weighted by molar-refractivity contribution is 5.80. The molecule has 1 aliphatic rings. The van der Waals surface area contributed by atoms with Crippen LogP contribution in [0.4, 0.5) is 0 Å². The van der Waals surface area contributed by atoms with E-state index in [0.29, 0.717) is 18.9 Å². The third kappa shape index (κ3) is 5.28. The van der Waals surface area contributed by atoms with Crippen LogP contribution in [-0.2, 0) is 4.79 Å². The standard InChI is InChI=1S/C25H30N6O2/c1-19-18-20(2)30(26-19)23-11-12-24(32)31(27-23)21(3)25(33)29-16-14-28(15-17-29)13-7-10-22-8-5-4-6-9-22/h4-12,18,21H,13-17H2,1-3H3/b10-7+. The maximum atomic E-state index is 13.1. The van der Waals surface area contributed by atoms with Gasteiger partial charge in [0.05, 0.1) is 5.69 Å². The number of amides is 1. The Morgan fingerprint density at radius 1 is 1.03 bits per heavy atom. The molecule has 1 atom stereocenters. The van der Waals surface area contributed by atoms with Crippen LogP contribution in [-0.4, -0.2) is 68.0 Å². The summed E-state index contributed by atoms with van der Waals surface area (Å²) in [6, 6.07) is 14.6. The number of carbonyl (C=O) groups is 1. The summed E-state index contributed by atoms with van der Waals surface area (Å²) in [5, 5.41) is 8.88. The van der Waals surface area contributed by atoms with Crippen molar-refractivity contribution in [1.29, 1.82) is 0 Å². The van der Waals surface area contributed by atoms with Gasteiger partial charge < -0.3 is 4.90 Å². The van der Waals surface area contributed by atoms with Gasteiger partial charge in [0.25, 0.3) is 5.56 Å². The van der Waals surface area contributed by atoms with Crippen molar-refractivity contribution < 1.29 is 4.79 Å². The fraction of sp³-hybridized carbons (Fsp3) is 0.360. The Bertz CT molecular complexity index is 1190. The van der Waals surface area contributed by atoms with Crippen molar-refractivity contribution >= 4 is 12.0 Å². The molecule has 0 aliphatic carbocycles. The molecule has 0 bridgehead atoms. The van der Waals surface area contributed by atoms with Gasteiger partial charge in [-0.2, -0.15) is 5.10 Å². The van der Waals surface area contributed by atoms with E-state index in [1.165, 1.54) is 16.3 Å². The molecule has 1 unspecified atom stereocenters. The maximum Gasteiger partial charge on any atom is 0.267 e. The molecule has 1 aromatic carbocycles. The zero-order valence-electron chi connectivity index (χ0n) is 19.4. The minimum absolute atomic E-state index is 0.0883. The lowest BCUT2D eigenvalue weighted by Gasteiger charge is -2.35. The van der Waals surface area contributed by atoms with Gasteiger partial charge in [-0.1, -0.05) is 42.5 Å². The van der Waals surface area contributed by atoms with Crippen LogP contribution in [0.1, 0.15) is 29.9 Å². The van der Waals surface area contributed by atoms with Crippen molar-refractivity contribution in [2.75, 3.05) is 32.7 Å². The molecule has 3 heterocycles. The van der Waals surface area contributed by atoms with E-state index in [2.05, 4.69) is 39.4 Å². The van der Waals surface area contributed by atoms with Crippen molar-refractivity contribution in [3.8, 4) is 5.82 Å². The molecule has 33 heavy (non-hydrogen) atoms. The number of rotatable bonds is 6. The van der Waals surface area contributed by atoms with Crippen LogP contribution >= 0.6 is 0 Å². The number of aromatic nitrogens is 4. The van der Waals surface area contributed by atoms with Gasteiger partial charge in [0.15, 0.2) is 5.82 Å². The highest BCUT2D eigenvalue weighted by Crippen LogP contribution is 2.13. The molecule has 3 aromatic rings. The molecule has 1 amide bonds. The van der Waals surface area contributed by atoms with Crippen LogP contribution in [0.5, 0.6) is 0 Å². The Morgan fingerprint density at radius 3 is 2.42 bits per heavy atom. The number of hydrogen-bond acceptors (Lipinski definition) is 5. The summed E-state index contributed by atoms with van der Waals surface area (Å²) in [5.74, 6) is 0.435. The first-order chi connectivity index (χ1) is 15.9. The summed E-state index contributed by atoms with van der Waals surface area (Å²) in [4.78, 5) is 29.8. The molecule has 8 heteroatoms. The number of carbonyl (C=O) groups excluding carboxylic acids is 1. The van der Waals surface area contributed by atoms with E-state index in [-0.39, 0.29) is 11.5 Å². The number of aryl methyl sites for hydroxylation is 2. The molecule has 0 saturated carbocycles. The van der Waals surface area contributed by atoms with Gasteiger partial charge in [0.1, 0.15) is 6.04 Å². The van der Waals surface area contributed by atoms with Crippen LogP contribution in [0, 0.1) is 13.8 Å². The summed E-state index contributed by atoms with van der Waals surface area (Å²) >= 11 is 0. The third-order valence-corrected chi connectivity index (χ3v) is 5.92. The summed E-state index contributed by atoms with van der Waals surface area (Å²) in [5.41, 5.74) is 2.67. The van der Waals surface area contributed by atoms with Gasteiger partial charge in [-0.25, -0.2) is 9.36 Å². The second kappa shape index (κ2) is 9.95. The summed E-state index contributed by atoms with van der Waals surface area (Å²) < 4.78 is 2.95. The fourth-order valence-electron chi connectivity index (χ4n) is 4.09. The summed E-state index contributed by atoms with van der Waals surface area (Å²) in [6.45, 7) is 9.28. The monoisotopic (exact) mass is 446 g/mol. The van der Waals surface area contributed by atoms with Crippen LogP contribution in [0.2, 0.25) is 0 Å².